The first-order chi connectivity index (χ1) is 15.0. The van der Waals surface area contributed by atoms with Crippen molar-refractivity contribution in [3.8, 4) is 5.75 Å². The zero-order valence-corrected chi connectivity index (χ0v) is 17.9. The zero-order valence-electron chi connectivity index (χ0n) is 16.3. The summed E-state index contributed by atoms with van der Waals surface area (Å²) in [5.41, 5.74) is 3.60. The molecule has 0 aliphatic carbocycles. The maximum Gasteiger partial charge on any atom is 0.343 e. The summed E-state index contributed by atoms with van der Waals surface area (Å²) in [5, 5.41) is 0.286. The fourth-order valence-electron chi connectivity index (χ4n) is 3.38. The molecule has 0 aliphatic heterocycles. The van der Waals surface area contributed by atoms with Crippen LogP contribution in [0.25, 0.3) is 22.1 Å². The van der Waals surface area contributed by atoms with Crippen LogP contribution in [0.3, 0.4) is 0 Å². The number of nitrogens with zero attached hydrogens (tertiary/aromatic N) is 2. The van der Waals surface area contributed by atoms with Crippen molar-refractivity contribution >= 4 is 51.0 Å². The Morgan fingerprint density at radius 1 is 1.10 bits per heavy atom. The summed E-state index contributed by atoms with van der Waals surface area (Å²) in [7, 11) is 0. The molecule has 0 bridgehead atoms. The van der Waals surface area contributed by atoms with Gasteiger partial charge in [-0.25, -0.2) is 14.2 Å². The predicted molar refractivity (Wildman–Crippen MR) is 123 cm³/mol. The van der Waals surface area contributed by atoms with E-state index in [-0.39, 0.29) is 16.3 Å². The van der Waals surface area contributed by atoms with E-state index >= 15 is 0 Å². The molecule has 3 aromatic carbocycles. The van der Waals surface area contributed by atoms with Gasteiger partial charge in [-0.2, -0.15) is 0 Å². The minimum Gasteiger partial charge on any atom is -0.421 e. The van der Waals surface area contributed by atoms with E-state index in [1.165, 1.54) is 11.3 Å². The van der Waals surface area contributed by atoms with Gasteiger partial charge in [-0.3, -0.25) is 4.79 Å². The minimum atomic E-state index is -0.476. The molecule has 0 atom stereocenters. The summed E-state index contributed by atoms with van der Waals surface area (Å²) in [6.45, 7) is 1.91. The number of aryl methyl sites for hydroxylation is 1. The second kappa shape index (κ2) is 7.65. The Hall–Kier alpha value is -3.48. The highest BCUT2D eigenvalue weighted by molar-refractivity contribution is 7.15. The van der Waals surface area contributed by atoms with Gasteiger partial charge in [-0.1, -0.05) is 58.8 Å². The molecule has 5 aromatic rings. The summed E-state index contributed by atoms with van der Waals surface area (Å²) >= 11 is 7.66. The molecular formula is C24H15ClN2O3S. The van der Waals surface area contributed by atoms with Crippen LogP contribution in [0.4, 0.5) is 0 Å². The zero-order chi connectivity index (χ0) is 21.5. The monoisotopic (exact) mass is 446 g/mol. The molecule has 0 radical (unpaired) electrons. The number of ether oxygens (including phenoxy) is 1. The molecule has 7 heteroatoms. The number of thiazole rings is 1. The number of halogens is 1. The highest BCUT2D eigenvalue weighted by Crippen LogP contribution is 2.27. The number of benzene rings is 3. The molecule has 31 heavy (non-hydrogen) atoms. The largest absolute Gasteiger partial charge is 0.421 e. The van der Waals surface area contributed by atoms with Crippen LogP contribution in [0.1, 0.15) is 21.5 Å². The third-order valence-electron chi connectivity index (χ3n) is 4.86. The Balaban J connectivity index is 1.47. The molecule has 0 N–H and O–H groups in total. The average Bonchev–Trinajstić information content (AvgIpc) is 3.26. The molecule has 0 saturated heterocycles. The Morgan fingerprint density at radius 3 is 2.74 bits per heavy atom. The lowest BCUT2D eigenvalue weighted by molar-refractivity contribution is 0.0734. The lowest BCUT2D eigenvalue weighted by Crippen LogP contribution is -2.22. The molecule has 2 heterocycles. The van der Waals surface area contributed by atoms with E-state index < -0.39 is 5.97 Å². The summed E-state index contributed by atoms with van der Waals surface area (Å²) in [6.07, 6.45) is 1.76. The fraction of sp³-hybridized carbons (Fsp3) is 0.0417. The second-order valence-corrected chi connectivity index (χ2v) is 8.50. The molecule has 0 unspecified atom stereocenters. The number of imidazole rings is 1. The fourth-order valence-corrected chi connectivity index (χ4v) is 4.60. The van der Waals surface area contributed by atoms with Crippen LogP contribution in [0.2, 0.25) is 5.02 Å². The van der Waals surface area contributed by atoms with Crippen molar-refractivity contribution in [3.63, 3.8) is 0 Å². The minimum absolute atomic E-state index is 0.125. The predicted octanol–water partition coefficient (Wildman–Crippen LogP) is 4.64. The van der Waals surface area contributed by atoms with E-state index in [1.54, 1.807) is 46.9 Å². The molecule has 2 aromatic heterocycles. The van der Waals surface area contributed by atoms with Crippen molar-refractivity contribution in [2.24, 2.45) is 0 Å². The lowest BCUT2D eigenvalue weighted by Gasteiger charge is -2.07. The van der Waals surface area contributed by atoms with Crippen LogP contribution in [0.5, 0.6) is 5.75 Å². The number of fused-ring (bicyclic) bond motifs is 3. The number of aromatic nitrogens is 2. The van der Waals surface area contributed by atoms with Gasteiger partial charge >= 0.3 is 5.97 Å². The van der Waals surface area contributed by atoms with Crippen LogP contribution in [-0.2, 0) is 0 Å². The third-order valence-corrected chi connectivity index (χ3v) is 6.12. The number of para-hydroxylation sites is 2. The van der Waals surface area contributed by atoms with E-state index in [1.807, 2.05) is 37.3 Å². The molecule has 0 spiro atoms. The number of carbonyl (C=O) groups excluding carboxylic acids is 1. The normalized spacial score (nSPS) is 12.0. The number of hydrogen-bond donors (Lipinski definition) is 0. The first kappa shape index (κ1) is 19.5. The van der Waals surface area contributed by atoms with Gasteiger partial charge < -0.3 is 4.74 Å². The number of rotatable bonds is 3. The standard InChI is InChI=1S/C24H15ClN2O3S/c1-14-5-4-6-16(11-14)23(29)30-20-10-9-15(12-17(20)25)13-21-22(28)27-19-8-3-2-7-18(19)26-24(27)31-21/h2-13H,1H3/b21-13-. The van der Waals surface area contributed by atoms with Crippen molar-refractivity contribution in [1.29, 1.82) is 0 Å². The SMILES string of the molecule is Cc1cccc(C(=O)Oc2ccc(/C=c3\sc4nc5ccccc5n4c3=O)cc2Cl)c1. The van der Waals surface area contributed by atoms with Crippen LogP contribution >= 0.6 is 22.9 Å². The molecule has 5 rings (SSSR count). The van der Waals surface area contributed by atoms with E-state index in [4.69, 9.17) is 16.3 Å². The molecule has 0 fully saturated rings. The number of carbonyl (C=O) groups is 1. The van der Waals surface area contributed by atoms with Crippen LogP contribution in [-0.4, -0.2) is 15.4 Å². The first-order valence-corrected chi connectivity index (χ1v) is 10.7. The first-order valence-electron chi connectivity index (χ1n) is 9.50. The number of hydrogen-bond acceptors (Lipinski definition) is 5. The number of esters is 1. The molecule has 0 amide bonds. The van der Waals surface area contributed by atoms with E-state index in [0.29, 0.717) is 15.1 Å². The summed E-state index contributed by atoms with van der Waals surface area (Å²) in [4.78, 5) is 30.4. The third kappa shape index (κ3) is 3.60. The van der Waals surface area contributed by atoms with E-state index in [9.17, 15) is 9.59 Å². The van der Waals surface area contributed by atoms with Gasteiger partial charge in [0.1, 0.15) is 5.75 Å². The van der Waals surface area contributed by atoms with E-state index in [2.05, 4.69) is 4.98 Å². The van der Waals surface area contributed by atoms with Gasteiger partial charge in [0.25, 0.3) is 5.56 Å². The van der Waals surface area contributed by atoms with Crippen molar-refractivity contribution in [3.05, 3.63) is 103 Å². The summed E-state index contributed by atoms with van der Waals surface area (Å²) in [5.74, 6) is -0.213. The van der Waals surface area contributed by atoms with Crippen molar-refractivity contribution < 1.29 is 9.53 Å². The molecular weight excluding hydrogens is 432 g/mol. The van der Waals surface area contributed by atoms with Crippen molar-refractivity contribution in [2.45, 2.75) is 6.92 Å². The Bertz CT molecular complexity index is 1590. The van der Waals surface area contributed by atoms with Gasteiger partial charge in [0.15, 0.2) is 4.96 Å². The van der Waals surface area contributed by atoms with Crippen molar-refractivity contribution in [2.75, 3.05) is 0 Å². The van der Waals surface area contributed by atoms with Gasteiger partial charge in [0.05, 0.1) is 26.2 Å². The quantitative estimate of drug-likeness (QED) is 0.299. The molecule has 5 nitrogen and oxygen atoms in total. The Morgan fingerprint density at radius 2 is 1.94 bits per heavy atom. The second-order valence-electron chi connectivity index (χ2n) is 7.08. The smallest absolute Gasteiger partial charge is 0.343 e. The molecule has 0 aliphatic rings. The van der Waals surface area contributed by atoms with Gasteiger partial charge in [-0.05, 0) is 55.0 Å². The molecule has 0 saturated carbocycles. The molecule has 152 valence electrons. The topological polar surface area (TPSA) is 60.7 Å². The van der Waals surface area contributed by atoms with Gasteiger partial charge in [-0.15, -0.1) is 0 Å². The summed E-state index contributed by atoms with van der Waals surface area (Å²) in [6, 6.07) is 19.7. The van der Waals surface area contributed by atoms with Crippen LogP contribution in [0.15, 0.2) is 71.5 Å². The van der Waals surface area contributed by atoms with Crippen molar-refractivity contribution in [1.82, 2.24) is 9.38 Å². The average molecular weight is 447 g/mol. The maximum atomic E-state index is 12.9. The van der Waals surface area contributed by atoms with Crippen LogP contribution < -0.4 is 14.8 Å². The summed E-state index contributed by atoms with van der Waals surface area (Å²) < 4.78 is 7.61. The van der Waals surface area contributed by atoms with Gasteiger partial charge in [0.2, 0.25) is 0 Å². The Labute approximate surface area is 185 Å². The van der Waals surface area contributed by atoms with Gasteiger partial charge in [0, 0.05) is 0 Å². The lowest BCUT2D eigenvalue weighted by atomic mass is 10.1. The highest BCUT2D eigenvalue weighted by Gasteiger charge is 2.13. The highest BCUT2D eigenvalue weighted by atomic mass is 35.5. The van der Waals surface area contributed by atoms with E-state index in [0.717, 1.165) is 22.2 Å². The maximum absolute atomic E-state index is 12.9. The van der Waals surface area contributed by atoms with Crippen LogP contribution in [0, 0.1) is 6.92 Å². The Kier molecular flexibility index (Phi) is 4.81.